The summed E-state index contributed by atoms with van der Waals surface area (Å²) in [5.41, 5.74) is 1.60. The maximum atomic E-state index is 3.66. The minimum absolute atomic E-state index is 0.169. The molecule has 20 heavy (non-hydrogen) atoms. The summed E-state index contributed by atoms with van der Waals surface area (Å²) < 4.78 is 1.17. The highest BCUT2D eigenvalue weighted by Gasteiger charge is 2.22. The van der Waals surface area contributed by atoms with Gasteiger partial charge in [0.15, 0.2) is 0 Å². The second kappa shape index (κ2) is 6.28. The molecule has 0 unspecified atom stereocenters. The first-order valence-electron chi connectivity index (χ1n) is 7.33. The Balaban J connectivity index is 2.34. The molecule has 0 spiro atoms. The van der Waals surface area contributed by atoms with Crippen LogP contribution >= 0.6 is 15.9 Å². The van der Waals surface area contributed by atoms with Crippen LogP contribution in [0.1, 0.15) is 39.7 Å². The molecule has 0 bridgehead atoms. The molecule has 0 saturated carbocycles. The third kappa shape index (κ3) is 3.42. The number of fused-ring (bicyclic) bond motifs is 1. The maximum Gasteiger partial charge on any atom is 0.0253 e. The van der Waals surface area contributed by atoms with E-state index in [4.69, 9.17) is 0 Å². The van der Waals surface area contributed by atoms with Gasteiger partial charge in [0.05, 0.1) is 0 Å². The molecule has 0 heterocycles. The van der Waals surface area contributed by atoms with Crippen LogP contribution < -0.4 is 5.32 Å². The molecule has 2 aromatic rings. The normalized spacial score (nSPS) is 12.3. The van der Waals surface area contributed by atoms with Crippen LogP contribution in [0.25, 0.3) is 10.8 Å². The van der Waals surface area contributed by atoms with E-state index in [0.29, 0.717) is 6.04 Å². The van der Waals surface area contributed by atoms with Crippen molar-refractivity contribution in [3.63, 3.8) is 0 Å². The van der Waals surface area contributed by atoms with Gasteiger partial charge in [0, 0.05) is 10.5 Å². The summed E-state index contributed by atoms with van der Waals surface area (Å²) in [6.45, 7) is 10.1. The van der Waals surface area contributed by atoms with E-state index < -0.39 is 0 Å². The number of hydrogen-bond donors (Lipinski definition) is 1. The summed E-state index contributed by atoms with van der Waals surface area (Å²) in [5.74, 6) is 0. The largest absolute Gasteiger partial charge is 0.315 e. The molecule has 1 N–H and O–H groups in total. The van der Waals surface area contributed by atoms with E-state index in [1.54, 1.807) is 0 Å². The van der Waals surface area contributed by atoms with E-state index in [1.807, 2.05) is 0 Å². The first-order valence-corrected chi connectivity index (χ1v) is 8.12. The Hall–Kier alpha value is -0.860. The predicted octanol–water partition coefficient (Wildman–Crippen LogP) is 5.27. The number of hydrogen-bond acceptors (Lipinski definition) is 1. The zero-order chi connectivity index (χ0) is 14.8. The lowest BCUT2D eigenvalue weighted by atomic mass is 9.79. The first-order chi connectivity index (χ1) is 9.42. The first kappa shape index (κ1) is 15.5. The van der Waals surface area contributed by atoms with Crippen molar-refractivity contribution >= 4 is 26.7 Å². The zero-order valence-electron chi connectivity index (χ0n) is 12.8. The minimum Gasteiger partial charge on any atom is -0.315 e. The Labute approximate surface area is 130 Å². The lowest BCUT2D eigenvalue weighted by Gasteiger charge is -2.28. The van der Waals surface area contributed by atoms with Crippen LogP contribution in [-0.2, 0) is 5.41 Å². The van der Waals surface area contributed by atoms with Crippen molar-refractivity contribution in [1.29, 1.82) is 0 Å². The average Bonchev–Trinajstić information content (AvgIpc) is 2.38. The summed E-state index contributed by atoms with van der Waals surface area (Å²) in [5, 5.41) is 6.18. The highest BCUT2D eigenvalue weighted by molar-refractivity contribution is 9.10. The average molecular weight is 334 g/mol. The standard InChI is InChI=1S/C18H24BrN/c1-13(2)20-12-11-18(3,4)16-9-10-17(19)15-8-6-5-7-14(15)16/h5-10,13,20H,11-12H2,1-4H3. The van der Waals surface area contributed by atoms with E-state index in [9.17, 15) is 0 Å². The Morgan fingerprint density at radius 1 is 1.05 bits per heavy atom. The fraction of sp³-hybridized carbons (Fsp3) is 0.444. The van der Waals surface area contributed by atoms with E-state index >= 15 is 0 Å². The van der Waals surface area contributed by atoms with Crippen LogP contribution in [-0.4, -0.2) is 12.6 Å². The zero-order valence-corrected chi connectivity index (χ0v) is 14.4. The second-order valence-corrected chi connectivity index (χ2v) is 7.24. The highest BCUT2D eigenvalue weighted by Crippen LogP contribution is 2.35. The van der Waals surface area contributed by atoms with Gasteiger partial charge in [-0.3, -0.25) is 0 Å². The topological polar surface area (TPSA) is 12.0 Å². The SMILES string of the molecule is CC(C)NCCC(C)(C)c1ccc(Br)c2ccccc12. The van der Waals surface area contributed by atoms with Gasteiger partial charge >= 0.3 is 0 Å². The van der Waals surface area contributed by atoms with Crippen molar-refractivity contribution in [2.45, 2.75) is 45.6 Å². The van der Waals surface area contributed by atoms with Crippen molar-refractivity contribution in [2.24, 2.45) is 0 Å². The van der Waals surface area contributed by atoms with Gasteiger partial charge in [-0.25, -0.2) is 0 Å². The second-order valence-electron chi connectivity index (χ2n) is 6.38. The summed E-state index contributed by atoms with van der Waals surface area (Å²) >= 11 is 3.66. The molecule has 0 atom stereocenters. The van der Waals surface area contributed by atoms with Gasteiger partial charge in [0.1, 0.15) is 0 Å². The molecule has 1 nitrogen and oxygen atoms in total. The van der Waals surface area contributed by atoms with Crippen LogP contribution in [0.5, 0.6) is 0 Å². The van der Waals surface area contributed by atoms with Gasteiger partial charge in [-0.2, -0.15) is 0 Å². The molecule has 0 saturated heterocycles. The third-order valence-electron chi connectivity index (χ3n) is 3.90. The van der Waals surface area contributed by atoms with Gasteiger partial charge in [-0.1, -0.05) is 74.0 Å². The van der Waals surface area contributed by atoms with Gasteiger partial charge in [-0.05, 0) is 40.8 Å². The molecule has 0 amide bonds. The number of benzene rings is 2. The Morgan fingerprint density at radius 3 is 2.35 bits per heavy atom. The van der Waals surface area contributed by atoms with Crippen molar-refractivity contribution < 1.29 is 0 Å². The monoisotopic (exact) mass is 333 g/mol. The molecular formula is C18H24BrN. The molecule has 108 valence electrons. The quantitative estimate of drug-likeness (QED) is 0.786. The van der Waals surface area contributed by atoms with Gasteiger partial charge < -0.3 is 5.32 Å². The molecular weight excluding hydrogens is 310 g/mol. The molecule has 0 radical (unpaired) electrons. The van der Waals surface area contributed by atoms with Gasteiger partial charge in [-0.15, -0.1) is 0 Å². The lowest BCUT2D eigenvalue weighted by molar-refractivity contribution is 0.444. The molecule has 0 fully saturated rings. The molecule has 2 heteroatoms. The Bertz CT molecular complexity index is 587. The van der Waals surface area contributed by atoms with Crippen molar-refractivity contribution in [3.8, 4) is 0 Å². The van der Waals surface area contributed by atoms with Crippen LogP contribution in [0.4, 0.5) is 0 Å². The van der Waals surface area contributed by atoms with E-state index in [1.165, 1.54) is 20.8 Å². The fourth-order valence-electron chi connectivity index (χ4n) is 2.66. The number of nitrogens with one attached hydrogen (secondary N) is 1. The van der Waals surface area contributed by atoms with E-state index in [2.05, 4.69) is 85.3 Å². The van der Waals surface area contributed by atoms with Gasteiger partial charge in [0.25, 0.3) is 0 Å². The summed E-state index contributed by atoms with van der Waals surface area (Å²) in [6.07, 6.45) is 1.14. The number of rotatable bonds is 5. The predicted molar refractivity (Wildman–Crippen MR) is 92.4 cm³/mol. The Morgan fingerprint density at radius 2 is 1.70 bits per heavy atom. The summed E-state index contributed by atoms with van der Waals surface area (Å²) in [6, 6.07) is 13.6. The van der Waals surface area contributed by atoms with Crippen molar-refractivity contribution in [3.05, 3.63) is 46.4 Å². The Kier molecular flexibility index (Phi) is 4.87. The van der Waals surface area contributed by atoms with Crippen LogP contribution in [0.15, 0.2) is 40.9 Å². The third-order valence-corrected chi connectivity index (χ3v) is 4.59. The molecule has 0 aromatic heterocycles. The summed E-state index contributed by atoms with van der Waals surface area (Å²) in [7, 11) is 0. The van der Waals surface area contributed by atoms with Crippen LogP contribution in [0, 0.1) is 0 Å². The van der Waals surface area contributed by atoms with E-state index in [0.717, 1.165) is 13.0 Å². The van der Waals surface area contributed by atoms with Crippen LogP contribution in [0.2, 0.25) is 0 Å². The smallest absolute Gasteiger partial charge is 0.0253 e. The van der Waals surface area contributed by atoms with Crippen LogP contribution in [0.3, 0.4) is 0 Å². The lowest BCUT2D eigenvalue weighted by Crippen LogP contribution is -2.29. The maximum absolute atomic E-state index is 3.66. The van der Waals surface area contributed by atoms with Crippen molar-refractivity contribution in [2.75, 3.05) is 6.54 Å². The minimum atomic E-state index is 0.169. The van der Waals surface area contributed by atoms with Crippen molar-refractivity contribution in [1.82, 2.24) is 5.32 Å². The molecule has 0 aliphatic carbocycles. The molecule has 2 rings (SSSR count). The molecule has 0 aliphatic rings. The molecule has 0 aliphatic heterocycles. The number of halogens is 1. The highest BCUT2D eigenvalue weighted by atomic mass is 79.9. The van der Waals surface area contributed by atoms with E-state index in [-0.39, 0.29) is 5.41 Å². The summed E-state index contributed by atoms with van der Waals surface area (Å²) in [4.78, 5) is 0. The fourth-order valence-corrected chi connectivity index (χ4v) is 3.14. The molecule has 2 aromatic carbocycles. The van der Waals surface area contributed by atoms with Gasteiger partial charge in [0.2, 0.25) is 0 Å².